The molecule has 0 unspecified atom stereocenters. The Balaban J connectivity index is 1.09. The van der Waals surface area contributed by atoms with Crippen LogP contribution in [0.4, 0.5) is 8.78 Å². The summed E-state index contributed by atoms with van der Waals surface area (Å²) >= 11 is 0. The van der Waals surface area contributed by atoms with Crippen LogP contribution in [0.15, 0.2) is 72.8 Å². The maximum Gasteiger partial charge on any atom is 0.123 e. The number of ether oxygens (including phenoxy) is 1. The van der Waals surface area contributed by atoms with Crippen molar-refractivity contribution in [1.82, 2.24) is 4.90 Å². The van der Waals surface area contributed by atoms with Gasteiger partial charge < -0.3 is 14.7 Å². The molecule has 1 N–H and O–H groups in total. The van der Waals surface area contributed by atoms with Crippen LogP contribution in [0.5, 0.6) is 0 Å². The lowest BCUT2D eigenvalue weighted by atomic mass is 9.83. The molecule has 0 spiro atoms. The Labute approximate surface area is 212 Å². The highest BCUT2D eigenvalue weighted by Gasteiger charge is 2.34. The SMILES string of the molecule is OC1(c2cccc(C3CC3)c2)CCN(CCCCOC(c2ccc(F)cc2)c2ccc(F)cc2)CC1. The number of halogens is 2. The normalized spacial score (nSPS) is 18.0. The van der Waals surface area contributed by atoms with Gasteiger partial charge in [-0.1, -0.05) is 48.5 Å². The molecule has 2 aliphatic rings. The molecule has 0 amide bonds. The molecule has 1 heterocycles. The Bertz CT molecular complexity index is 1070. The first-order valence-corrected chi connectivity index (χ1v) is 13.2. The molecule has 190 valence electrons. The molecular weight excluding hydrogens is 456 g/mol. The molecule has 1 aliphatic heterocycles. The zero-order valence-corrected chi connectivity index (χ0v) is 20.7. The van der Waals surface area contributed by atoms with E-state index in [-0.39, 0.29) is 17.7 Å². The Morgan fingerprint density at radius 2 is 1.47 bits per heavy atom. The quantitative estimate of drug-likeness (QED) is 0.320. The van der Waals surface area contributed by atoms with E-state index >= 15 is 0 Å². The van der Waals surface area contributed by atoms with Crippen molar-refractivity contribution in [2.45, 2.75) is 56.1 Å². The molecule has 0 bridgehead atoms. The van der Waals surface area contributed by atoms with E-state index in [4.69, 9.17) is 4.74 Å². The van der Waals surface area contributed by atoms with E-state index in [0.717, 1.165) is 62.0 Å². The molecule has 2 fully saturated rings. The standard InChI is InChI=1S/C31H35F2NO2/c32-28-12-8-24(9-13-28)30(25-10-14-29(33)15-11-25)36-21-2-1-18-34-19-16-31(35,17-20-34)27-5-3-4-26(22-27)23-6-7-23/h3-5,8-15,22-23,30,35H,1-2,6-7,16-21H2. The zero-order chi connectivity index (χ0) is 25.0. The number of piperidine rings is 1. The lowest BCUT2D eigenvalue weighted by molar-refractivity contribution is -0.0266. The summed E-state index contributed by atoms with van der Waals surface area (Å²) < 4.78 is 33.0. The van der Waals surface area contributed by atoms with E-state index in [1.807, 2.05) is 0 Å². The molecule has 0 aromatic heterocycles. The number of aliphatic hydroxyl groups is 1. The molecule has 3 aromatic carbocycles. The number of unbranched alkanes of at least 4 members (excludes halogenated alkanes) is 1. The predicted molar refractivity (Wildman–Crippen MR) is 138 cm³/mol. The zero-order valence-electron chi connectivity index (χ0n) is 20.7. The summed E-state index contributed by atoms with van der Waals surface area (Å²) in [5, 5.41) is 11.3. The van der Waals surface area contributed by atoms with Crippen molar-refractivity contribution in [3.8, 4) is 0 Å². The second kappa shape index (κ2) is 11.2. The van der Waals surface area contributed by atoms with Gasteiger partial charge in [0.05, 0.1) is 5.60 Å². The van der Waals surface area contributed by atoms with Gasteiger partial charge in [0.15, 0.2) is 0 Å². The Kier molecular flexibility index (Phi) is 7.80. The van der Waals surface area contributed by atoms with Gasteiger partial charge in [0.2, 0.25) is 0 Å². The summed E-state index contributed by atoms with van der Waals surface area (Å²) in [7, 11) is 0. The van der Waals surface area contributed by atoms with E-state index < -0.39 is 5.60 Å². The molecule has 1 saturated heterocycles. The average Bonchev–Trinajstić information content (AvgIpc) is 3.75. The molecule has 0 radical (unpaired) electrons. The van der Waals surface area contributed by atoms with Crippen molar-refractivity contribution in [2.24, 2.45) is 0 Å². The second-order valence-electron chi connectivity index (χ2n) is 10.3. The van der Waals surface area contributed by atoms with Crippen LogP contribution < -0.4 is 0 Å². The molecule has 1 aliphatic carbocycles. The van der Waals surface area contributed by atoms with E-state index in [1.54, 1.807) is 24.3 Å². The number of likely N-dealkylation sites (tertiary alicyclic amines) is 1. The molecular formula is C31H35F2NO2. The minimum atomic E-state index is -0.720. The van der Waals surface area contributed by atoms with Crippen molar-refractivity contribution >= 4 is 0 Å². The third-order valence-corrected chi connectivity index (χ3v) is 7.65. The van der Waals surface area contributed by atoms with Crippen LogP contribution in [0.25, 0.3) is 0 Å². The van der Waals surface area contributed by atoms with Crippen molar-refractivity contribution in [2.75, 3.05) is 26.2 Å². The van der Waals surface area contributed by atoms with Crippen LogP contribution in [0.3, 0.4) is 0 Å². The van der Waals surface area contributed by atoms with Crippen molar-refractivity contribution in [1.29, 1.82) is 0 Å². The third kappa shape index (κ3) is 6.20. The number of nitrogens with zero attached hydrogens (tertiary/aromatic N) is 1. The first kappa shape index (κ1) is 25.1. The summed E-state index contributed by atoms with van der Waals surface area (Å²) in [4.78, 5) is 2.43. The fourth-order valence-electron chi connectivity index (χ4n) is 5.23. The summed E-state index contributed by atoms with van der Waals surface area (Å²) in [5.41, 5.74) is 3.44. The van der Waals surface area contributed by atoms with Gasteiger partial charge in [-0.25, -0.2) is 8.78 Å². The summed E-state index contributed by atoms with van der Waals surface area (Å²) in [6.07, 6.45) is 5.59. The number of hydrogen-bond acceptors (Lipinski definition) is 3. The molecule has 5 rings (SSSR count). The summed E-state index contributed by atoms with van der Waals surface area (Å²) in [6.45, 7) is 3.31. The Morgan fingerprint density at radius 1 is 0.861 bits per heavy atom. The minimum Gasteiger partial charge on any atom is -0.385 e. The van der Waals surface area contributed by atoms with E-state index in [1.165, 1.54) is 42.7 Å². The van der Waals surface area contributed by atoms with Gasteiger partial charge in [0.25, 0.3) is 0 Å². The van der Waals surface area contributed by atoms with E-state index in [0.29, 0.717) is 12.5 Å². The Hall–Kier alpha value is -2.60. The second-order valence-corrected chi connectivity index (χ2v) is 10.3. The van der Waals surface area contributed by atoms with Crippen molar-refractivity contribution < 1.29 is 18.6 Å². The van der Waals surface area contributed by atoms with Gasteiger partial charge in [-0.15, -0.1) is 0 Å². The number of hydrogen-bond donors (Lipinski definition) is 1. The molecule has 5 heteroatoms. The van der Waals surface area contributed by atoms with Gasteiger partial charge in [0, 0.05) is 19.7 Å². The van der Waals surface area contributed by atoms with Crippen LogP contribution in [0, 0.1) is 11.6 Å². The van der Waals surface area contributed by atoms with E-state index in [2.05, 4.69) is 29.2 Å². The molecule has 0 atom stereocenters. The largest absolute Gasteiger partial charge is 0.385 e. The number of benzene rings is 3. The van der Waals surface area contributed by atoms with Crippen molar-refractivity contribution in [3.63, 3.8) is 0 Å². The highest BCUT2D eigenvalue weighted by Crippen LogP contribution is 2.42. The molecule has 3 aromatic rings. The van der Waals surface area contributed by atoms with Crippen molar-refractivity contribution in [3.05, 3.63) is 107 Å². The topological polar surface area (TPSA) is 32.7 Å². The molecule has 36 heavy (non-hydrogen) atoms. The maximum atomic E-state index is 13.4. The van der Waals surface area contributed by atoms with Crippen LogP contribution >= 0.6 is 0 Å². The average molecular weight is 492 g/mol. The third-order valence-electron chi connectivity index (χ3n) is 7.65. The first-order valence-electron chi connectivity index (χ1n) is 13.2. The first-order chi connectivity index (χ1) is 17.5. The van der Waals surface area contributed by atoms with Gasteiger partial charge in [-0.2, -0.15) is 0 Å². The molecule has 1 saturated carbocycles. The highest BCUT2D eigenvalue weighted by atomic mass is 19.1. The lowest BCUT2D eigenvalue weighted by Gasteiger charge is -2.38. The van der Waals surface area contributed by atoms with Gasteiger partial charge in [-0.3, -0.25) is 0 Å². The van der Waals surface area contributed by atoms with Crippen LogP contribution in [0.2, 0.25) is 0 Å². The van der Waals surface area contributed by atoms with E-state index in [9.17, 15) is 13.9 Å². The maximum absolute atomic E-state index is 13.4. The van der Waals surface area contributed by atoms with Crippen LogP contribution in [-0.2, 0) is 10.3 Å². The molecule has 3 nitrogen and oxygen atoms in total. The monoisotopic (exact) mass is 491 g/mol. The Morgan fingerprint density at radius 3 is 2.06 bits per heavy atom. The lowest BCUT2D eigenvalue weighted by Crippen LogP contribution is -2.42. The highest BCUT2D eigenvalue weighted by molar-refractivity contribution is 5.33. The smallest absolute Gasteiger partial charge is 0.123 e. The fourth-order valence-corrected chi connectivity index (χ4v) is 5.23. The van der Waals surface area contributed by atoms with Crippen LogP contribution in [-0.4, -0.2) is 36.2 Å². The van der Waals surface area contributed by atoms with Crippen LogP contribution in [0.1, 0.15) is 72.8 Å². The summed E-state index contributed by atoms with van der Waals surface area (Å²) in [6, 6.07) is 21.2. The predicted octanol–water partition coefficient (Wildman–Crippen LogP) is 6.71. The summed E-state index contributed by atoms with van der Waals surface area (Å²) in [5.74, 6) is 0.114. The van der Waals surface area contributed by atoms with Gasteiger partial charge in [0.1, 0.15) is 17.7 Å². The minimum absolute atomic E-state index is 0.291. The van der Waals surface area contributed by atoms with Gasteiger partial charge >= 0.3 is 0 Å². The number of rotatable bonds is 10. The fraction of sp³-hybridized carbons (Fsp3) is 0.419. The van der Waals surface area contributed by atoms with Gasteiger partial charge in [-0.05, 0) is 97.5 Å².